The molecule has 0 spiro atoms. The zero-order chi connectivity index (χ0) is 16.2. The third kappa shape index (κ3) is 4.07. The molecular weight excluding hydrogens is 308 g/mol. The molecule has 2 heterocycles. The van der Waals surface area contributed by atoms with E-state index in [1.54, 1.807) is 0 Å². The van der Waals surface area contributed by atoms with E-state index in [1.165, 1.54) is 25.7 Å². The molecule has 1 amide bonds. The summed E-state index contributed by atoms with van der Waals surface area (Å²) in [5.41, 5.74) is 0.756. The molecular formula is C19H27ClN2O. The average molecular weight is 335 g/mol. The highest BCUT2D eigenvalue weighted by atomic mass is 35.5. The molecule has 2 saturated heterocycles. The maximum Gasteiger partial charge on any atom is 0.255 e. The zero-order valence-corrected chi connectivity index (χ0v) is 14.8. The van der Waals surface area contributed by atoms with Gasteiger partial charge in [-0.2, -0.15) is 0 Å². The molecule has 0 N–H and O–H groups in total. The summed E-state index contributed by atoms with van der Waals surface area (Å²) in [5, 5.41) is 0.680. The Morgan fingerprint density at radius 3 is 2.39 bits per heavy atom. The van der Waals surface area contributed by atoms with Gasteiger partial charge in [-0.1, -0.05) is 24.9 Å². The van der Waals surface area contributed by atoms with Crippen LogP contribution in [-0.4, -0.2) is 41.5 Å². The Hall–Kier alpha value is -1.06. The molecule has 0 aromatic heterocycles. The van der Waals surface area contributed by atoms with Crippen LogP contribution in [-0.2, 0) is 0 Å². The van der Waals surface area contributed by atoms with Gasteiger partial charge in [-0.25, -0.2) is 0 Å². The second-order valence-electron chi connectivity index (χ2n) is 7.05. The highest BCUT2D eigenvalue weighted by molar-refractivity contribution is 6.30. The highest BCUT2D eigenvalue weighted by Gasteiger charge is 2.32. The summed E-state index contributed by atoms with van der Waals surface area (Å²) in [5.74, 6) is 0.977. The molecule has 0 saturated carbocycles. The lowest BCUT2D eigenvalue weighted by Gasteiger charge is -2.42. The van der Waals surface area contributed by atoms with Gasteiger partial charge in [0.15, 0.2) is 0 Å². The second-order valence-corrected chi connectivity index (χ2v) is 7.49. The van der Waals surface area contributed by atoms with Gasteiger partial charge < -0.3 is 4.90 Å². The molecule has 2 aliphatic heterocycles. The quantitative estimate of drug-likeness (QED) is 0.799. The van der Waals surface area contributed by atoms with Crippen LogP contribution in [0.4, 0.5) is 0 Å². The van der Waals surface area contributed by atoms with E-state index in [0.717, 1.165) is 44.0 Å². The van der Waals surface area contributed by atoms with Crippen molar-refractivity contribution in [1.29, 1.82) is 0 Å². The Morgan fingerprint density at radius 2 is 1.70 bits per heavy atom. The van der Waals surface area contributed by atoms with Gasteiger partial charge in [0.05, 0.1) is 6.17 Å². The SMILES string of the molecule is CC1CCN(C2CCCCCN2C(=O)c2ccc(Cl)cc2)CC1. The van der Waals surface area contributed by atoms with Crippen molar-refractivity contribution in [1.82, 2.24) is 9.80 Å². The van der Waals surface area contributed by atoms with Gasteiger partial charge in [0.2, 0.25) is 0 Å². The fourth-order valence-corrected chi connectivity index (χ4v) is 3.92. The number of carbonyl (C=O) groups excluding carboxylic acids is 1. The third-order valence-corrected chi connectivity index (χ3v) is 5.56. The predicted octanol–water partition coefficient (Wildman–Crippen LogP) is 4.41. The molecule has 1 aromatic rings. The lowest BCUT2D eigenvalue weighted by molar-refractivity contribution is 0.0184. The summed E-state index contributed by atoms with van der Waals surface area (Å²) >= 11 is 5.96. The number of rotatable bonds is 2. The molecule has 4 heteroatoms. The third-order valence-electron chi connectivity index (χ3n) is 5.31. The minimum absolute atomic E-state index is 0.159. The van der Waals surface area contributed by atoms with E-state index in [2.05, 4.69) is 16.7 Å². The summed E-state index contributed by atoms with van der Waals surface area (Å²) in [6, 6.07) is 7.32. The van der Waals surface area contributed by atoms with Gasteiger partial charge >= 0.3 is 0 Å². The molecule has 2 fully saturated rings. The van der Waals surface area contributed by atoms with E-state index < -0.39 is 0 Å². The fraction of sp³-hybridized carbons (Fsp3) is 0.632. The van der Waals surface area contributed by atoms with Gasteiger partial charge in [0.25, 0.3) is 5.91 Å². The van der Waals surface area contributed by atoms with Crippen molar-refractivity contribution >= 4 is 17.5 Å². The lowest BCUT2D eigenvalue weighted by Crippen LogP contribution is -2.52. The summed E-state index contributed by atoms with van der Waals surface area (Å²) < 4.78 is 0. The summed E-state index contributed by atoms with van der Waals surface area (Å²) in [7, 11) is 0. The van der Waals surface area contributed by atoms with Crippen molar-refractivity contribution in [3.63, 3.8) is 0 Å². The molecule has 1 atom stereocenters. The minimum Gasteiger partial charge on any atom is -0.323 e. The molecule has 0 aliphatic carbocycles. The number of benzene rings is 1. The van der Waals surface area contributed by atoms with Crippen LogP contribution in [0.15, 0.2) is 24.3 Å². The van der Waals surface area contributed by atoms with Crippen molar-refractivity contribution in [3.05, 3.63) is 34.9 Å². The van der Waals surface area contributed by atoms with Crippen molar-refractivity contribution < 1.29 is 4.79 Å². The number of amides is 1. The van der Waals surface area contributed by atoms with Crippen molar-refractivity contribution in [2.75, 3.05) is 19.6 Å². The van der Waals surface area contributed by atoms with Gasteiger partial charge in [0, 0.05) is 30.2 Å². The highest BCUT2D eigenvalue weighted by Crippen LogP contribution is 2.26. The van der Waals surface area contributed by atoms with Gasteiger partial charge in [-0.05, 0) is 62.3 Å². The predicted molar refractivity (Wildman–Crippen MR) is 94.7 cm³/mol. The van der Waals surface area contributed by atoms with E-state index in [0.29, 0.717) is 5.02 Å². The van der Waals surface area contributed by atoms with Crippen LogP contribution in [0.25, 0.3) is 0 Å². The van der Waals surface area contributed by atoms with Crippen LogP contribution in [0.3, 0.4) is 0 Å². The normalized spacial score (nSPS) is 24.4. The molecule has 1 aromatic carbocycles. The topological polar surface area (TPSA) is 23.6 Å². The Labute approximate surface area is 144 Å². The number of hydrogen-bond donors (Lipinski definition) is 0. The Kier molecular flexibility index (Phi) is 5.60. The van der Waals surface area contributed by atoms with E-state index in [4.69, 9.17) is 11.6 Å². The number of halogens is 1. The van der Waals surface area contributed by atoms with Gasteiger partial charge in [-0.15, -0.1) is 0 Å². The van der Waals surface area contributed by atoms with Crippen molar-refractivity contribution in [2.24, 2.45) is 5.92 Å². The Bertz CT molecular complexity index is 523. The monoisotopic (exact) mass is 334 g/mol. The van der Waals surface area contributed by atoms with Crippen LogP contribution in [0.1, 0.15) is 55.8 Å². The first kappa shape index (κ1) is 16.8. The van der Waals surface area contributed by atoms with Crippen molar-refractivity contribution in [2.45, 2.75) is 51.6 Å². The maximum absolute atomic E-state index is 13.0. The Morgan fingerprint density at radius 1 is 1.00 bits per heavy atom. The largest absolute Gasteiger partial charge is 0.323 e. The molecule has 1 unspecified atom stereocenters. The average Bonchev–Trinajstić information content (AvgIpc) is 2.81. The van der Waals surface area contributed by atoms with E-state index in [-0.39, 0.29) is 12.1 Å². The van der Waals surface area contributed by atoms with E-state index in [1.807, 2.05) is 24.3 Å². The number of likely N-dealkylation sites (tertiary alicyclic amines) is 2. The molecule has 23 heavy (non-hydrogen) atoms. The molecule has 0 radical (unpaired) electrons. The van der Waals surface area contributed by atoms with Crippen LogP contribution in [0.5, 0.6) is 0 Å². The van der Waals surface area contributed by atoms with E-state index in [9.17, 15) is 4.79 Å². The summed E-state index contributed by atoms with van der Waals surface area (Å²) in [6.07, 6.45) is 7.44. The Balaban J connectivity index is 1.78. The standard InChI is InChI=1S/C19H27ClN2O/c1-15-10-13-21(14-11-15)18-5-3-2-4-12-22(18)19(23)16-6-8-17(20)9-7-16/h6-9,15,18H,2-5,10-14H2,1H3. The number of piperidine rings is 1. The lowest BCUT2D eigenvalue weighted by atomic mass is 9.98. The first-order valence-corrected chi connectivity index (χ1v) is 9.33. The summed E-state index contributed by atoms with van der Waals surface area (Å²) in [6.45, 7) is 5.45. The minimum atomic E-state index is 0.159. The van der Waals surface area contributed by atoms with Crippen LogP contribution < -0.4 is 0 Å². The van der Waals surface area contributed by atoms with Crippen molar-refractivity contribution in [3.8, 4) is 0 Å². The van der Waals surface area contributed by atoms with Crippen LogP contribution in [0, 0.1) is 5.92 Å². The molecule has 126 valence electrons. The smallest absolute Gasteiger partial charge is 0.255 e. The fourth-order valence-electron chi connectivity index (χ4n) is 3.79. The zero-order valence-electron chi connectivity index (χ0n) is 14.0. The molecule has 3 rings (SSSR count). The van der Waals surface area contributed by atoms with Crippen LogP contribution >= 0.6 is 11.6 Å². The first-order chi connectivity index (χ1) is 11.1. The van der Waals surface area contributed by atoms with Gasteiger partial charge in [0.1, 0.15) is 0 Å². The second kappa shape index (κ2) is 7.67. The molecule has 2 aliphatic rings. The molecule has 3 nitrogen and oxygen atoms in total. The number of carbonyl (C=O) groups is 1. The first-order valence-electron chi connectivity index (χ1n) is 8.96. The summed E-state index contributed by atoms with van der Waals surface area (Å²) in [4.78, 5) is 17.7. The van der Waals surface area contributed by atoms with Gasteiger partial charge in [-0.3, -0.25) is 9.69 Å². The van der Waals surface area contributed by atoms with E-state index >= 15 is 0 Å². The maximum atomic E-state index is 13.0. The molecule has 0 bridgehead atoms. The van der Waals surface area contributed by atoms with Crippen LogP contribution in [0.2, 0.25) is 5.02 Å². The number of nitrogens with zero attached hydrogens (tertiary/aromatic N) is 2. The number of hydrogen-bond acceptors (Lipinski definition) is 2.